The fourth-order valence-corrected chi connectivity index (χ4v) is 3.51. The summed E-state index contributed by atoms with van der Waals surface area (Å²) < 4.78 is 0. The zero-order chi connectivity index (χ0) is 14.8. The third kappa shape index (κ3) is 2.97. The SMILES string of the molecule is CN(C)C1CCCN(C(=O)C2CNCc3ccccc32)C1. The van der Waals surface area contributed by atoms with E-state index in [1.807, 2.05) is 6.07 Å². The van der Waals surface area contributed by atoms with Gasteiger partial charge in [-0.1, -0.05) is 24.3 Å². The summed E-state index contributed by atoms with van der Waals surface area (Å²) in [5.41, 5.74) is 2.48. The average Bonchev–Trinajstić information content (AvgIpc) is 2.53. The zero-order valence-electron chi connectivity index (χ0n) is 13.0. The summed E-state index contributed by atoms with van der Waals surface area (Å²) in [5.74, 6) is 0.275. The first-order valence-corrected chi connectivity index (χ1v) is 7.90. The molecule has 1 N–H and O–H groups in total. The Morgan fingerprint density at radius 1 is 1.33 bits per heavy atom. The number of likely N-dealkylation sites (tertiary alicyclic amines) is 1. The number of benzene rings is 1. The van der Waals surface area contributed by atoms with E-state index >= 15 is 0 Å². The van der Waals surface area contributed by atoms with Crippen LogP contribution in [0.5, 0.6) is 0 Å². The molecule has 2 atom stereocenters. The highest BCUT2D eigenvalue weighted by atomic mass is 16.2. The van der Waals surface area contributed by atoms with E-state index < -0.39 is 0 Å². The molecule has 1 fully saturated rings. The van der Waals surface area contributed by atoms with E-state index in [4.69, 9.17) is 0 Å². The van der Waals surface area contributed by atoms with Crippen LogP contribution in [0.2, 0.25) is 0 Å². The van der Waals surface area contributed by atoms with E-state index in [0.717, 1.165) is 32.6 Å². The molecule has 2 aliphatic rings. The molecule has 0 spiro atoms. The van der Waals surface area contributed by atoms with Gasteiger partial charge in [-0.2, -0.15) is 0 Å². The van der Waals surface area contributed by atoms with Crippen LogP contribution < -0.4 is 5.32 Å². The molecule has 21 heavy (non-hydrogen) atoms. The molecule has 2 unspecified atom stereocenters. The Hall–Kier alpha value is -1.39. The van der Waals surface area contributed by atoms with Gasteiger partial charge < -0.3 is 15.1 Å². The Balaban J connectivity index is 1.77. The Kier molecular flexibility index (Phi) is 4.27. The predicted molar refractivity (Wildman–Crippen MR) is 84.2 cm³/mol. The molecule has 4 nitrogen and oxygen atoms in total. The monoisotopic (exact) mass is 287 g/mol. The minimum absolute atomic E-state index is 0.0177. The maximum Gasteiger partial charge on any atom is 0.231 e. The highest BCUT2D eigenvalue weighted by Gasteiger charge is 2.32. The van der Waals surface area contributed by atoms with Gasteiger partial charge in [0.15, 0.2) is 0 Å². The average molecular weight is 287 g/mol. The van der Waals surface area contributed by atoms with Crippen molar-refractivity contribution in [1.82, 2.24) is 15.1 Å². The number of nitrogens with zero attached hydrogens (tertiary/aromatic N) is 2. The summed E-state index contributed by atoms with van der Waals surface area (Å²) in [5, 5.41) is 3.39. The molecule has 2 heterocycles. The molecule has 0 saturated carbocycles. The van der Waals surface area contributed by atoms with Gasteiger partial charge >= 0.3 is 0 Å². The van der Waals surface area contributed by atoms with Crippen molar-refractivity contribution in [3.8, 4) is 0 Å². The fraction of sp³-hybridized carbons (Fsp3) is 0.588. The van der Waals surface area contributed by atoms with Crippen molar-refractivity contribution in [1.29, 1.82) is 0 Å². The lowest BCUT2D eigenvalue weighted by Gasteiger charge is -2.38. The van der Waals surface area contributed by atoms with Gasteiger partial charge in [0, 0.05) is 32.2 Å². The van der Waals surface area contributed by atoms with E-state index in [9.17, 15) is 4.79 Å². The van der Waals surface area contributed by atoms with E-state index in [0.29, 0.717) is 11.9 Å². The second kappa shape index (κ2) is 6.16. The molecule has 0 radical (unpaired) electrons. The summed E-state index contributed by atoms with van der Waals surface area (Å²) >= 11 is 0. The molecule has 1 aromatic carbocycles. The summed E-state index contributed by atoms with van der Waals surface area (Å²) in [6.07, 6.45) is 2.30. The molecule has 3 rings (SSSR count). The molecule has 1 aromatic rings. The van der Waals surface area contributed by atoms with Gasteiger partial charge in [-0.3, -0.25) is 4.79 Å². The van der Waals surface area contributed by atoms with E-state index in [2.05, 4.69) is 47.4 Å². The van der Waals surface area contributed by atoms with Gasteiger partial charge in [0.1, 0.15) is 0 Å². The van der Waals surface area contributed by atoms with E-state index in [1.165, 1.54) is 17.5 Å². The Labute approximate surface area is 127 Å². The van der Waals surface area contributed by atoms with Gasteiger partial charge in [0.25, 0.3) is 0 Å². The van der Waals surface area contributed by atoms with Crippen molar-refractivity contribution in [2.45, 2.75) is 31.3 Å². The zero-order valence-corrected chi connectivity index (χ0v) is 13.0. The van der Waals surface area contributed by atoms with Crippen LogP contribution in [0.1, 0.15) is 29.9 Å². The highest BCUT2D eigenvalue weighted by molar-refractivity contribution is 5.85. The lowest BCUT2D eigenvalue weighted by molar-refractivity contribution is -0.134. The number of fused-ring (bicyclic) bond motifs is 1. The van der Waals surface area contributed by atoms with Gasteiger partial charge in [-0.25, -0.2) is 0 Å². The van der Waals surface area contributed by atoms with E-state index in [-0.39, 0.29) is 5.92 Å². The number of carbonyl (C=O) groups is 1. The molecule has 4 heteroatoms. The fourth-order valence-electron chi connectivity index (χ4n) is 3.51. The molecular weight excluding hydrogens is 262 g/mol. The van der Waals surface area contributed by atoms with Crippen LogP contribution in [0, 0.1) is 0 Å². The quantitative estimate of drug-likeness (QED) is 0.894. The van der Waals surface area contributed by atoms with Crippen molar-refractivity contribution in [2.75, 3.05) is 33.7 Å². The molecule has 1 amide bonds. The van der Waals surface area contributed by atoms with Crippen molar-refractivity contribution in [2.24, 2.45) is 0 Å². The Bertz CT molecular complexity index is 515. The lowest BCUT2D eigenvalue weighted by atomic mass is 9.89. The van der Waals surface area contributed by atoms with Gasteiger partial charge in [0.2, 0.25) is 5.91 Å². The maximum absolute atomic E-state index is 13.0. The largest absolute Gasteiger partial charge is 0.341 e. The second-order valence-electron chi connectivity index (χ2n) is 6.43. The first-order chi connectivity index (χ1) is 10.2. The molecule has 0 bridgehead atoms. The van der Waals surface area contributed by atoms with Crippen LogP contribution in [-0.2, 0) is 11.3 Å². The second-order valence-corrected chi connectivity index (χ2v) is 6.43. The van der Waals surface area contributed by atoms with Gasteiger partial charge in [-0.05, 0) is 38.1 Å². The van der Waals surface area contributed by atoms with Crippen LogP contribution in [0.25, 0.3) is 0 Å². The number of nitrogens with one attached hydrogen (secondary N) is 1. The van der Waals surface area contributed by atoms with Crippen molar-refractivity contribution in [3.05, 3.63) is 35.4 Å². The summed E-state index contributed by atoms with van der Waals surface area (Å²) in [4.78, 5) is 17.3. The van der Waals surface area contributed by atoms with Crippen LogP contribution in [-0.4, -0.2) is 55.5 Å². The number of hydrogen-bond acceptors (Lipinski definition) is 3. The third-order valence-electron chi connectivity index (χ3n) is 4.83. The first kappa shape index (κ1) is 14.5. The number of piperidine rings is 1. The smallest absolute Gasteiger partial charge is 0.231 e. The van der Waals surface area contributed by atoms with E-state index in [1.54, 1.807) is 0 Å². The molecule has 0 aliphatic carbocycles. The summed E-state index contributed by atoms with van der Waals surface area (Å²) in [6, 6.07) is 8.83. The topological polar surface area (TPSA) is 35.6 Å². The van der Waals surface area contributed by atoms with Crippen LogP contribution in [0.15, 0.2) is 24.3 Å². The molecular formula is C17H25N3O. The normalized spacial score (nSPS) is 25.8. The maximum atomic E-state index is 13.0. The number of likely N-dealkylation sites (N-methyl/N-ethyl adjacent to an activating group) is 1. The summed E-state index contributed by atoms with van der Waals surface area (Å²) in [6.45, 7) is 3.41. The molecule has 1 saturated heterocycles. The van der Waals surface area contributed by atoms with Gasteiger partial charge in [-0.15, -0.1) is 0 Å². The summed E-state index contributed by atoms with van der Waals surface area (Å²) in [7, 11) is 4.21. The van der Waals surface area contributed by atoms with Crippen LogP contribution in [0.4, 0.5) is 0 Å². The molecule has 114 valence electrons. The Morgan fingerprint density at radius 2 is 2.14 bits per heavy atom. The predicted octanol–water partition coefficient (Wildman–Crippen LogP) is 1.43. The van der Waals surface area contributed by atoms with Crippen molar-refractivity contribution < 1.29 is 4.79 Å². The van der Waals surface area contributed by atoms with Crippen LogP contribution in [0.3, 0.4) is 0 Å². The number of amides is 1. The molecule has 0 aromatic heterocycles. The van der Waals surface area contributed by atoms with Gasteiger partial charge in [0.05, 0.1) is 5.92 Å². The van der Waals surface area contributed by atoms with Crippen LogP contribution >= 0.6 is 0 Å². The first-order valence-electron chi connectivity index (χ1n) is 7.90. The standard InChI is InChI=1S/C17H25N3O/c1-19(2)14-7-5-9-20(12-14)17(21)16-11-18-10-13-6-3-4-8-15(13)16/h3-4,6,8,14,16,18H,5,7,9-12H2,1-2H3. The number of carbonyl (C=O) groups excluding carboxylic acids is 1. The molecule has 2 aliphatic heterocycles. The number of hydrogen-bond donors (Lipinski definition) is 1. The Morgan fingerprint density at radius 3 is 2.95 bits per heavy atom. The van der Waals surface area contributed by atoms with Crippen molar-refractivity contribution >= 4 is 5.91 Å². The minimum Gasteiger partial charge on any atom is -0.341 e. The highest BCUT2D eigenvalue weighted by Crippen LogP contribution is 2.27. The number of rotatable bonds is 2. The minimum atomic E-state index is -0.0177. The van der Waals surface area contributed by atoms with Crippen molar-refractivity contribution in [3.63, 3.8) is 0 Å². The third-order valence-corrected chi connectivity index (χ3v) is 4.83. The lowest BCUT2D eigenvalue weighted by Crippen LogP contribution is -2.50.